The minimum atomic E-state index is -4.44. The first kappa shape index (κ1) is 12.1. The summed E-state index contributed by atoms with van der Waals surface area (Å²) in [5.41, 5.74) is -0.953. The number of hydrogen-bond acceptors (Lipinski definition) is 0. The maximum atomic E-state index is 12.5. The molecule has 0 atom stereocenters. The standard InChI is InChI=1S/C8H4BrCl2F3/c9-4-1-2-5(7(10)11)6(3-4)8(12,13)14/h1-3,7H. The Morgan fingerprint density at radius 3 is 2.21 bits per heavy atom. The Morgan fingerprint density at radius 1 is 1.21 bits per heavy atom. The fraction of sp³-hybridized carbons (Fsp3) is 0.250. The summed E-state index contributed by atoms with van der Waals surface area (Å²) < 4.78 is 37.7. The molecule has 0 amide bonds. The van der Waals surface area contributed by atoms with Crippen molar-refractivity contribution >= 4 is 39.1 Å². The van der Waals surface area contributed by atoms with E-state index in [9.17, 15) is 13.2 Å². The van der Waals surface area contributed by atoms with Crippen LogP contribution in [0.3, 0.4) is 0 Å². The van der Waals surface area contributed by atoms with E-state index in [1.54, 1.807) is 0 Å². The van der Waals surface area contributed by atoms with E-state index in [1.165, 1.54) is 12.1 Å². The molecule has 0 aliphatic carbocycles. The van der Waals surface area contributed by atoms with E-state index in [1.807, 2.05) is 0 Å². The molecule has 0 fully saturated rings. The molecule has 1 aromatic rings. The summed E-state index contributed by atoms with van der Waals surface area (Å²) in [6, 6.07) is 3.66. The van der Waals surface area contributed by atoms with Gasteiger partial charge in [0, 0.05) is 4.47 Å². The Bertz CT molecular complexity index is 336. The minimum absolute atomic E-state index is 0.135. The molecule has 78 valence electrons. The fourth-order valence-electron chi connectivity index (χ4n) is 0.964. The van der Waals surface area contributed by atoms with Crippen LogP contribution in [0, 0.1) is 0 Å². The molecule has 0 aliphatic heterocycles. The third kappa shape index (κ3) is 2.78. The third-order valence-corrected chi connectivity index (χ3v) is 2.52. The monoisotopic (exact) mass is 306 g/mol. The summed E-state index contributed by atoms with van der Waals surface area (Å²) in [6.45, 7) is 0. The number of rotatable bonds is 1. The molecule has 0 radical (unpaired) electrons. The highest BCUT2D eigenvalue weighted by Gasteiger charge is 2.34. The van der Waals surface area contributed by atoms with Crippen molar-refractivity contribution in [2.75, 3.05) is 0 Å². The lowest BCUT2D eigenvalue weighted by atomic mass is 10.1. The van der Waals surface area contributed by atoms with Gasteiger partial charge < -0.3 is 0 Å². The van der Waals surface area contributed by atoms with Crippen molar-refractivity contribution in [3.63, 3.8) is 0 Å². The lowest BCUT2D eigenvalue weighted by Crippen LogP contribution is -2.09. The van der Waals surface area contributed by atoms with Crippen LogP contribution < -0.4 is 0 Å². The van der Waals surface area contributed by atoms with Crippen LogP contribution in [0.4, 0.5) is 13.2 Å². The van der Waals surface area contributed by atoms with Gasteiger partial charge in [-0.1, -0.05) is 22.0 Å². The van der Waals surface area contributed by atoms with E-state index in [0.29, 0.717) is 4.47 Å². The van der Waals surface area contributed by atoms with Crippen LogP contribution in [0.1, 0.15) is 16.0 Å². The van der Waals surface area contributed by atoms with Gasteiger partial charge in [0.2, 0.25) is 0 Å². The van der Waals surface area contributed by atoms with Crippen molar-refractivity contribution in [3.05, 3.63) is 33.8 Å². The van der Waals surface area contributed by atoms with Crippen molar-refractivity contribution in [2.45, 2.75) is 11.0 Å². The molecule has 0 aliphatic rings. The average Bonchev–Trinajstić information content (AvgIpc) is 2.01. The molecule has 0 spiro atoms. The van der Waals surface area contributed by atoms with E-state index >= 15 is 0 Å². The quantitative estimate of drug-likeness (QED) is 0.644. The van der Waals surface area contributed by atoms with Gasteiger partial charge in [0.1, 0.15) is 4.84 Å². The van der Waals surface area contributed by atoms with E-state index < -0.39 is 16.6 Å². The lowest BCUT2D eigenvalue weighted by Gasteiger charge is -2.13. The molecule has 0 aromatic heterocycles. The van der Waals surface area contributed by atoms with Gasteiger partial charge in [-0.2, -0.15) is 13.2 Å². The predicted octanol–water partition coefficient (Wildman–Crippen LogP) is 4.94. The Morgan fingerprint density at radius 2 is 1.79 bits per heavy atom. The summed E-state index contributed by atoms with van der Waals surface area (Å²) >= 11 is 13.8. The first-order valence-electron chi connectivity index (χ1n) is 3.47. The van der Waals surface area contributed by atoms with Crippen molar-refractivity contribution in [3.8, 4) is 0 Å². The molecule has 0 saturated heterocycles. The normalized spacial score (nSPS) is 12.2. The third-order valence-electron chi connectivity index (χ3n) is 1.56. The second-order valence-electron chi connectivity index (χ2n) is 2.53. The Kier molecular flexibility index (Phi) is 3.72. The molecule has 0 bridgehead atoms. The molecule has 0 unspecified atom stereocenters. The number of benzene rings is 1. The zero-order valence-corrected chi connectivity index (χ0v) is 9.68. The van der Waals surface area contributed by atoms with E-state index in [2.05, 4.69) is 15.9 Å². The zero-order valence-electron chi connectivity index (χ0n) is 6.58. The highest BCUT2D eigenvalue weighted by atomic mass is 79.9. The molecule has 6 heteroatoms. The lowest BCUT2D eigenvalue weighted by molar-refractivity contribution is -0.138. The van der Waals surface area contributed by atoms with Crippen LogP contribution in [0.5, 0.6) is 0 Å². The van der Waals surface area contributed by atoms with Gasteiger partial charge >= 0.3 is 6.18 Å². The molecule has 0 saturated carbocycles. The highest BCUT2D eigenvalue weighted by molar-refractivity contribution is 9.10. The van der Waals surface area contributed by atoms with Gasteiger partial charge in [0.15, 0.2) is 0 Å². The first-order valence-corrected chi connectivity index (χ1v) is 5.13. The molecule has 0 nitrogen and oxygen atoms in total. The fourth-order valence-corrected chi connectivity index (χ4v) is 1.71. The van der Waals surface area contributed by atoms with Gasteiger partial charge in [-0.05, 0) is 17.7 Å². The van der Waals surface area contributed by atoms with Crippen molar-refractivity contribution in [1.82, 2.24) is 0 Å². The number of halogens is 6. The highest BCUT2D eigenvalue weighted by Crippen LogP contribution is 2.39. The molecule has 1 aromatic carbocycles. The summed E-state index contributed by atoms with van der Waals surface area (Å²) in [5, 5.41) is 0. The van der Waals surface area contributed by atoms with Gasteiger partial charge in [-0.3, -0.25) is 0 Å². The first-order chi connectivity index (χ1) is 6.32. The average molecular weight is 308 g/mol. The van der Waals surface area contributed by atoms with Crippen molar-refractivity contribution in [2.24, 2.45) is 0 Å². The van der Waals surface area contributed by atoms with Gasteiger partial charge in [0.25, 0.3) is 0 Å². The largest absolute Gasteiger partial charge is 0.416 e. The van der Waals surface area contributed by atoms with Gasteiger partial charge in [0.05, 0.1) is 5.56 Å². The van der Waals surface area contributed by atoms with E-state index in [-0.39, 0.29) is 5.56 Å². The summed E-state index contributed by atoms with van der Waals surface area (Å²) in [7, 11) is 0. The second kappa shape index (κ2) is 4.29. The summed E-state index contributed by atoms with van der Waals surface area (Å²) in [5.74, 6) is 0. The zero-order chi connectivity index (χ0) is 10.9. The van der Waals surface area contributed by atoms with Crippen LogP contribution in [-0.2, 0) is 6.18 Å². The van der Waals surface area contributed by atoms with Crippen LogP contribution >= 0.6 is 39.1 Å². The smallest absolute Gasteiger partial charge is 0.166 e. The predicted molar refractivity (Wildman–Crippen MR) is 53.6 cm³/mol. The van der Waals surface area contributed by atoms with E-state index in [0.717, 1.165) is 6.07 Å². The van der Waals surface area contributed by atoms with E-state index in [4.69, 9.17) is 23.2 Å². The van der Waals surface area contributed by atoms with Crippen LogP contribution in [0.2, 0.25) is 0 Å². The topological polar surface area (TPSA) is 0 Å². The Hall–Kier alpha value is 0.0700. The van der Waals surface area contributed by atoms with Gasteiger partial charge in [-0.15, -0.1) is 23.2 Å². The molecule has 1 rings (SSSR count). The maximum absolute atomic E-state index is 12.5. The van der Waals surface area contributed by atoms with Crippen LogP contribution in [-0.4, -0.2) is 0 Å². The summed E-state index contributed by atoms with van der Waals surface area (Å²) in [6.07, 6.45) is -4.44. The number of hydrogen-bond donors (Lipinski definition) is 0. The number of alkyl halides is 5. The summed E-state index contributed by atoms with van der Waals surface area (Å²) in [4.78, 5) is -1.18. The molecular formula is C8H4BrCl2F3. The SMILES string of the molecule is FC(F)(F)c1cc(Br)ccc1C(Cl)Cl. The molecule has 14 heavy (non-hydrogen) atoms. The van der Waals surface area contributed by atoms with Crippen molar-refractivity contribution < 1.29 is 13.2 Å². The van der Waals surface area contributed by atoms with Crippen LogP contribution in [0.15, 0.2) is 22.7 Å². The maximum Gasteiger partial charge on any atom is 0.416 e. The Balaban J connectivity index is 3.30. The van der Waals surface area contributed by atoms with Gasteiger partial charge in [-0.25, -0.2) is 0 Å². The van der Waals surface area contributed by atoms with Crippen molar-refractivity contribution in [1.29, 1.82) is 0 Å². The molecular weight excluding hydrogens is 304 g/mol. The Labute approximate surface area is 97.1 Å². The molecule has 0 N–H and O–H groups in total. The second-order valence-corrected chi connectivity index (χ2v) is 4.54. The molecule has 0 heterocycles. The van der Waals surface area contributed by atoms with Crippen LogP contribution in [0.25, 0.3) is 0 Å². The minimum Gasteiger partial charge on any atom is -0.166 e.